The standard InChI is InChI=1S/C9H12N2O2/c1-9(8(12)13,7-3-4-7)11-6-2-5-10-11/h2,5-7H,3-4H2,1H3,(H,12,13). The summed E-state index contributed by atoms with van der Waals surface area (Å²) in [7, 11) is 0. The molecule has 1 atom stereocenters. The number of nitrogens with zero attached hydrogens (tertiary/aromatic N) is 2. The van der Waals surface area contributed by atoms with E-state index in [-0.39, 0.29) is 5.92 Å². The third kappa shape index (κ3) is 1.13. The zero-order valence-electron chi connectivity index (χ0n) is 7.47. The molecule has 0 bridgehead atoms. The van der Waals surface area contributed by atoms with Crippen LogP contribution in [-0.4, -0.2) is 20.9 Å². The van der Waals surface area contributed by atoms with Crippen molar-refractivity contribution >= 4 is 5.97 Å². The van der Waals surface area contributed by atoms with Gasteiger partial charge < -0.3 is 5.11 Å². The first-order chi connectivity index (χ1) is 6.15. The van der Waals surface area contributed by atoms with Gasteiger partial charge in [-0.15, -0.1) is 0 Å². The van der Waals surface area contributed by atoms with Crippen molar-refractivity contribution in [2.75, 3.05) is 0 Å². The Morgan fingerprint density at radius 1 is 1.69 bits per heavy atom. The number of hydrogen-bond acceptors (Lipinski definition) is 2. The van der Waals surface area contributed by atoms with Gasteiger partial charge in [-0.2, -0.15) is 5.10 Å². The van der Waals surface area contributed by atoms with Crippen molar-refractivity contribution in [2.24, 2.45) is 5.92 Å². The van der Waals surface area contributed by atoms with Crippen molar-refractivity contribution in [3.05, 3.63) is 18.5 Å². The van der Waals surface area contributed by atoms with Gasteiger partial charge in [0.15, 0.2) is 5.54 Å². The van der Waals surface area contributed by atoms with Crippen LogP contribution in [0.1, 0.15) is 19.8 Å². The second kappa shape index (κ2) is 2.58. The van der Waals surface area contributed by atoms with Crippen molar-refractivity contribution in [1.82, 2.24) is 9.78 Å². The highest BCUT2D eigenvalue weighted by molar-refractivity contribution is 5.77. The minimum absolute atomic E-state index is 0.241. The van der Waals surface area contributed by atoms with Crippen LogP contribution in [0, 0.1) is 5.92 Å². The zero-order chi connectivity index (χ0) is 9.47. The fraction of sp³-hybridized carbons (Fsp3) is 0.556. The summed E-state index contributed by atoms with van der Waals surface area (Å²) in [4.78, 5) is 11.1. The molecule has 0 aliphatic heterocycles. The summed E-state index contributed by atoms with van der Waals surface area (Å²) in [6.45, 7) is 1.74. The Bertz CT molecular complexity index is 316. The maximum Gasteiger partial charge on any atom is 0.331 e. The first kappa shape index (κ1) is 8.29. The lowest BCUT2D eigenvalue weighted by Gasteiger charge is -2.24. The SMILES string of the molecule is CC(C(=O)O)(C1CC1)n1cccn1. The Kier molecular flexibility index (Phi) is 1.65. The quantitative estimate of drug-likeness (QED) is 0.757. The van der Waals surface area contributed by atoms with Gasteiger partial charge in [0.2, 0.25) is 0 Å². The molecule has 1 aromatic rings. The maximum absolute atomic E-state index is 11.1. The molecule has 1 N–H and O–H groups in total. The summed E-state index contributed by atoms with van der Waals surface area (Å²) >= 11 is 0. The molecule has 1 fully saturated rings. The van der Waals surface area contributed by atoms with Gasteiger partial charge in [-0.1, -0.05) is 0 Å². The van der Waals surface area contributed by atoms with Crippen LogP contribution in [-0.2, 0) is 10.3 Å². The number of hydrogen-bond donors (Lipinski definition) is 1. The molecule has 4 nitrogen and oxygen atoms in total. The lowest BCUT2D eigenvalue weighted by molar-refractivity contribution is -0.148. The van der Waals surface area contributed by atoms with E-state index in [0.717, 1.165) is 12.8 Å². The van der Waals surface area contributed by atoms with Crippen LogP contribution < -0.4 is 0 Å². The van der Waals surface area contributed by atoms with Crippen molar-refractivity contribution in [1.29, 1.82) is 0 Å². The van der Waals surface area contributed by atoms with E-state index in [1.807, 2.05) is 0 Å². The summed E-state index contributed by atoms with van der Waals surface area (Å²) < 4.78 is 1.55. The highest BCUT2D eigenvalue weighted by Crippen LogP contribution is 2.43. The van der Waals surface area contributed by atoms with E-state index in [2.05, 4.69) is 5.10 Å². The predicted molar refractivity (Wildman–Crippen MR) is 46.2 cm³/mol. The molecular weight excluding hydrogens is 168 g/mol. The number of aliphatic carboxylic acids is 1. The van der Waals surface area contributed by atoms with E-state index >= 15 is 0 Å². The molecule has 1 heterocycles. The number of aromatic nitrogens is 2. The number of carboxylic acids is 1. The Labute approximate surface area is 76.2 Å². The molecule has 70 valence electrons. The van der Waals surface area contributed by atoms with Gasteiger partial charge in [-0.05, 0) is 31.7 Å². The van der Waals surface area contributed by atoms with E-state index in [1.165, 1.54) is 0 Å². The molecule has 1 unspecified atom stereocenters. The highest BCUT2D eigenvalue weighted by atomic mass is 16.4. The third-order valence-corrected chi connectivity index (χ3v) is 2.79. The smallest absolute Gasteiger partial charge is 0.331 e. The molecular formula is C9H12N2O2. The highest BCUT2D eigenvalue weighted by Gasteiger charge is 2.49. The first-order valence-corrected chi connectivity index (χ1v) is 4.39. The molecule has 0 radical (unpaired) electrons. The third-order valence-electron chi connectivity index (χ3n) is 2.79. The first-order valence-electron chi connectivity index (χ1n) is 4.39. The lowest BCUT2D eigenvalue weighted by Crippen LogP contribution is -2.41. The Hall–Kier alpha value is -1.32. The van der Waals surface area contributed by atoms with Gasteiger partial charge in [-0.25, -0.2) is 4.79 Å². The Morgan fingerprint density at radius 2 is 2.38 bits per heavy atom. The van der Waals surface area contributed by atoms with Crippen LogP contribution in [0.15, 0.2) is 18.5 Å². The second-order valence-electron chi connectivity index (χ2n) is 3.68. The van der Waals surface area contributed by atoms with Gasteiger partial charge in [-0.3, -0.25) is 4.68 Å². The van der Waals surface area contributed by atoms with E-state index in [4.69, 9.17) is 5.11 Å². The minimum atomic E-state index is -0.844. The molecule has 1 saturated carbocycles. The summed E-state index contributed by atoms with van der Waals surface area (Å²) in [6, 6.07) is 1.75. The summed E-state index contributed by atoms with van der Waals surface area (Å²) in [5.41, 5.74) is -0.844. The van der Waals surface area contributed by atoms with Gasteiger partial charge >= 0.3 is 5.97 Å². The normalized spacial score (nSPS) is 21.0. The predicted octanol–water partition coefficient (Wildman–Crippen LogP) is 1.09. The molecule has 4 heteroatoms. The molecule has 0 saturated heterocycles. The molecule has 0 spiro atoms. The van der Waals surface area contributed by atoms with Crippen molar-refractivity contribution < 1.29 is 9.90 Å². The van der Waals surface area contributed by atoms with Crippen LogP contribution in [0.3, 0.4) is 0 Å². The molecule has 0 aromatic carbocycles. The maximum atomic E-state index is 11.1. The van der Waals surface area contributed by atoms with Crippen molar-refractivity contribution in [2.45, 2.75) is 25.3 Å². The van der Waals surface area contributed by atoms with Crippen LogP contribution in [0.5, 0.6) is 0 Å². The molecule has 1 aliphatic carbocycles. The van der Waals surface area contributed by atoms with Gasteiger partial charge in [0.1, 0.15) is 0 Å². The van der Waals surface area contributed by atoms with E-state index in [1.54, 1.807) is 30.1 Å². The lowest BCUT2D eigenvalue weighted by atomic mass is 9.96. The summed E-state index contributed by atoms with van der Waals surface area (Å²) in [5, 5.41) is 13.2. The largest absolute Gasteiger partial charge is 0.479 e. The fourth-order valence-corrected chi connectivity index (χ4v) is 1.65. The number of carbonyl (C=O) groups is 1. The van der Waals surface area contributed by atoms with Gasteiger partial charge in [0, 0.05) is 12.4 Å². The van der Waals surface area contributed by atoms with Gasteiger partial charge in [0.05, 0.1) is 0 Å². The van der Waals surface area contributed by atoms with Crippen molar-refractivity contribution in [3.8, 4) is 0 Å². The average molecular weight is 180 g/mol. The molecule has 2 rings (SSSR count). The van der Waals surface area contributed by atoms with E-state index in [0.29, 0.717) is 0 Å². The topological polar surface area (TPSA) is 55.1 Å². The van der Waals surface area contributed by atoms with Crippen molar-refractivity contribution in [3.63, 3.8) is 0 Å². The Morgan fingerprint density at radius 3 is 2.77 bits per heavy atom. The Balaban J connectivity index is 2.38. The van der Waals surface area contributed by atoms with Crippen LogP contribution in [0.2, 0.25) is 0 Å². The molecule has 13 heavy (non-hydrogen) atoms. The minimum Gasteiger partial charge on any atom is -0.479 e. The fourth-order valence-electron chi connectivity index (χ4n) is 1.65. The van der Waals surface area contributed by atoms with E-state index in [9.17, 15) is 4.79 Å². The number of carboxylic acid groups (broad SMARTS) is 1. The monoisotopic (exact) mass is 180 g/mol. The second-order valence-corrected chi connectivity index (χ2v) is 3.68. The molecule has 1 aromatic heterocycles. The van der Waals surface area contributed by atoms with Gasteiger partial charge in [0.25, 0.3) is 0 Å². The van der Waals surface area contributed by atoms with E-state index < -0.39 is 11.5 Å². The van der Waals surface area contributed by atoms with Crippen LogP contribution >= 0.6 is 0 Å². The molecule has 0 amide bonds. The average Bonchev–Trinajstić information content (AvgIpc) is 2.80. The van der Waals surface area contributed by atoms with Crippen LogP contribution in [0.25, 0.3) is 0 Å². The summed E-state index contributed by atoms with van der Waals surface area (Å²) in [6.07, 6.45) is 5.31. The molecule has 1 aliphatic rings. The zero-order valence-corrected chi connectivity index (χ0v) is 7.47. The van der Waals surface area contributed by atoms with Crippen LogP contribution in [0.4, 0.5) is 0 Å². The summed E-state index contributed by atoms with van der Waals surface area (Å²) in [5.74, 6) is -0.552. The number of rotatable bonds is 3.